The molecular formula is C8H15N3O2. The van der Waals surface area contributed by atoms with Crippen LogP contribution in [0.15, 0.2) is 0 Å². The molecule has 0 aromatic carbocycles. The summed E-state index contributed by atoms with van der Waals surface area (Å²) < 4.78 is 5.35. The highest BCUT2D eigenvalue weighted by atomic mass is 16.5. The van der Waals surface area contributed by atoms with E-state index in [1.807, 2.05) is 0 Å². The van der Waals surface area contributed by atoms with E-state index in [4.69, 9.17) is 10.5 Å². The molecule has 5 heteroatoms. The number of hydrogen-bond donors (Lipinski definition) is 1. The van der Waals surface area contributed by atoms with Crippen LogP contribution in [0.1, 0.15) is 0 Å². The topological polar surface area (TPSA) is 58.8 Å². The van der Waals surface area contributed by atoms with Gasteiger partial charge in [-0.15, -0.1) is 0 Å². The van der Waals surface area contributed by atoms with E-state index in [1.165, 1.54) is 0 Å². The second kappa shape index (κ2) is 3.51. The van der Waals surface area contributed by atoms with Crippen LogP contribution >= 0.6 is 0 Å². The van der Waals surface area contributed by atoms with Crippen molar-refractivity contribution < 1.29 is 9.53 Å². The quantitative estimate of drug-likeness (QED) is 0.531. The first-order valence-electron chi connectivity index (χ1n) is 4.63. The van der Waals surface area contributed by atoms with Crippen molar-refractivity contribution in [1.29, 1.82) is 0 Å². The summed E-state index contributed by atoms with van der Waals surface area (Å²) in [5.74, 6) is 0. The SMILES string of the molecule is NC(=O)N1CCN2CCOCC2C1. The number of morpholine rings is 1. The Morgan fingerprint density at radius 2 is 2.23 bits per heavy atom. The van der Waals surface area contributed by atoms with Gasteiger partial charge < -0.3 is 15.4 Å². The highest BCUT2D eigenvalue weighted by Crippen LogP contribution is 2.12. The molecule has 2 rings (SSSR count). The van der Waals surface area contributed by atoms with Gasteiger partial charge in [0.1, 0.15) is 0 Å². The van der Waals surface area contributed by atoms with Crippen molar-refractivity contribution in [3.8, 4) is 0 Å². The van der Waals surface area contributed by atoms with Crippen LogP contribution in [0.25, 0.3) is 0 Å². The molecule has 2 heterocycles. The van der Waals surface area contributed by atoms with E-state index < -0.39 is 0 Å². The van der Waals surface area contributed by atoms with Crippen molar-refractivity contribution in [2.45, 2.75) is 6.04 Å². The van der Waals surface area contributed by atoms with E-state index in [0.29, 0.717) is 6.04 Å². The highest BCUT2D eigenvalue weighted by Gasteiger charge is 2.30. The molecule has 0 aromatic rings. The lowest BCUT2D eigenvalue weighted by molar-refractivity contribution is -0.0358. The van der Waals surface area contributed by atoms with Crippen molar-refractivity contribution in [2.24, 2.45) is 5.73 Å². The molecule has 2 amide bonds. The molecule has 1 atom stereocenters. The third-order valence-corrected chi connectivity index (χ3v) is 2.75. The van der Waals surface area contributed by atoms with Gasteiger partial charge in [0, 0.05) is 26.2 Å². The van der Waals surface area contributed by atoms with Crippen molar-refractivity contribution in [3.63, 3.8) is 0 Å². The van der Waals surface area contributed by atoms with E-state index >= 15 is 0 Å². The molecule has 2 fully saturated rings. The first-order valence-corrected chi connectivity index (χ1v) is 4.63. The lowest BCUT2D eigenvalue weighted by Crippen LogP contribution is -2.59. The fourth-order valence-electron chi connectivity index (χ4n) is 1.95. The van der Waals surface area contributed by atoms with Crippen LogP contribution in [0.4, 0.5) is 4.79 Å². The van der Waals surface area contributed by atoms with Crippen LogP contribution in [0.5, 0.6) is 0 Å². The Morgan fingerprint density at radius 1 is 1.38 bits per heavy atom. The zero-order valence-electron chi connectivity index (χ0n) is 7.61. The number of ether oxygens (including phenoxy) is 1. The number of hydrogen-bond acceptors (Lipinski definition) is 3. The van der Waals surface area contributed by atoms with Gasteiger partial charge in [0.05, 0.1) is 19.3 Å². The fourth-order valence-corrected chi connectivity index (χ4v) is 1.95. The summed E-state index contributed by atoms with van der Waals surface area (Å²) in [5.41, 5.74) is 5.22. The third-order valence-electron chi connectivity index (χ3n) is 2.75. The number of amides is 2. The monoisotopic (exact) mass is 185 g/mol. The van der Waals surface area contributed by atoms with Gasteiger partial charge in [0.15, 0.2) is 0 Å². The standard InChI is InChI=1S/C8H15N3O2/c9-8(12)11-2-1-10-3-4-13-6-7(10)5-11/h7H,1-6H2,(H2,9,12). The molecule has 2 saturated heterocycles. The van der Waals surface area contributed by atoms with E-state index in [9.17, 15) is 4.79 Å². The normalized spacial score (nSPS) is 29.8. The molecule has 0 spiro atoms. The van der Waals surface area contributed by atoms with Gasteiger partial charge >= 0.3 is 6.03 Å². The highest BCUT2D eigenvalue weighted by molar-refractivity contribution is 5.72. The summed E-state index contributed by atoms with van der Waals surface area (Å²) in [5, 5.41) is 0. The van der Waals surface area contributed by atoms with Crippen molar-refractivity contribution in [1.82, 2.24) is 9.80 Å². The van der Waals surface area contributed by atoms with Gasteiger partial charge in [-0.2, -0.15) is 0 Å². The van der Waals surface area contributed by atoms with E-state index in [1.54, 1.807) is 4.90 Å². The van der Waals surface area contributed by atoms with Crippen molar-refractivity contribution in [3.05, 3.63) is 0 Å². The first kappa shape index (κ1) is 8.77. The van der Waals surface area contributed by atoms with Crippen LogP contribution in [0, 0.1) is 0 Å². The Hall–Kier alpha value is -0.810. The maximum Gasteiger partial charge on any atom is 0.314 e. The number of nitrogens with two attached hydrogens (primary N) is 1. The number of urea groups is 1. The van der Waals surface area contributed by atoms with E-state index in [0.717, 1.165) is 39.4 Å². The van der Waals surface area contributed by atoms with Gasteiger partial charge in [-0.1, -0.05) is 0 Å². The summed E-state index contributed by atoms with van der Waals surface area (Å²) in [6, 6.07) is 0.0419. The van der Waals surface area contributed by atoms with Gasteiger partial charge in [-0.3, -0.25) is 4.90 Å². The minimum Gasteiger partial charge on any atom is -0.378 e. The average molecular weight is 185 g/mol. The maximum atomic E-state index is 10.9. The maximum absolute atomic E-state index is 10.9. The molecule has 2 N–H and O–H groups in total. The molecule has 0 bridgehead atoms. The second-order valence-electron chi connectivity index (χ2n) is 3.55. The molecule has 13 heavy (non-hydrogen) atoms. The number of nitrogens with zero attached hydrogens (tertiary/aromatic N) is 2. The minimum absolute atomic E-state index is 0.315. The van der Waals surface area contributed by atoms with E-state index in [-0.39, 0.29) is 6.03 Å². The van der Waals surface area contributed by atoms with Crippen molar-refractivity contribution >= 4 is 6.03 Å². The number of primary amides is 1. The van der Waals surface area contributed by atoms with Crippen molar-refractivity contribution in [2.75, 3.05) is 39.4 Å². The molecule has 0 radical (unpaired) electrons. The summed E-state index contributed by atoms with van der Waals surface area (Å²) in [4.78, 5) is 15.0. The summed E-state index contributed by atoms with van der Waals surface area (Å²) in [7, 11) is 0. The Kier molecular flexibility index (Phi) is 2.37. The number of rotatable bonds is 0. The minimum atomic E-state index is -0.315. The average Bonchev–Trinajstić information content (AvgIpc) is 2.17. The summed E-state index contributed by atoms with van der Waals surface area (Å²) in [6.45, 7) is 4.92. The lowest BCUT2D eigenvalue weighted by atomic mass is 10.1. The molecule has 1 unspecified atom stereocenters. The van der Waals surface area contributed by atoms with Gasteiger partial charge in [-0.25, -0.2) is 4.79 Å². The molecule has 5 nitrogen and oxygen atoms in total. The predicted molar refractivity (Wildman–Crippen MR) is 47.3 cm³/mol. The molecule has 2 aliphatic heterocycles. The van der Waals surface area contributed by atoms with Gasteiger partial charge in [0.25, 0.3) is 0 Å². The van der Waals surface area contributed by atoms with Crippen LogP contribution < -0.4 is 5.73 Å². The number of carbonyl (C=O) groups is 1. The molecule has 0 aliphatic carbocycles. The zero-order valence-corrected chi connectivity index (χ0v) is 7.61. The lowest BCUT2D eigenvalue weighted by Gasteiger charge is -2.43. The Labute approximate surface area is 77.4 Å². The predicted octanol–water partition coefficient (Wildman–Crippen LogP) is -0.918. The van der Waals surface area contributed by atoms with Crippen LogP contribution in [-0.2, 0) is 4.74 Å². The fraction of sp³-hybridized carbons (Fsp3) is 0.875. The van der Waals surface area contributed by atoms with Crippen LogP contribution in [0.2, 0.25) is 0 Å². The number of piperazine rings is 1. The second-order valence-corrected chi connectivity index (χ2v) is 3.55. The third kappa shape index (κ3) is 1.76. The number of carbonyl (C=O) groups excluding carboxylic acids is 1. The molecular weight excluding hydrogens is 170 g/mol. The Balaban J connectivity index is 1.95. The van der Waals surface area contributed by atoms with Crippen LogP contribution in [0.3, 0.4) is 0 Å². The molecule has 2 aliphatic rings. The summed E-state index contributed by atoms with van der Waals surface area (Å²) in [6.07, 6.45) is 0. The van der Waals surface area contributed by atoms with Crippen LogP contribution in [-0.4, -0.2) is 61.3 Å². The largest absolute Gasteiger partial charge is 0.378 e. The Morgan fingerprint density at radius 3 is 3.00 bits per heavy atom. The first-order chi connectivity index (χ1) is 6.27. The molecule has 0 aromatic heterocycles. The zero-order chi connectivity index (χ0) is 9.26. The van der Waals surface area contributed by atoms with E-state index in [2.05, 4.69) is 4.90 Å². The molecule has 74 valence electrons. The van der Waals surface area contributed by atoms with Gasteiger partial charge in [-0.05, 0) is 0 Å². The smallest absolute Gasteiger partial charge is 0.314 e. The van der Waals surface area contributed by atoms with Gasteiger partial charge in [0.2, 0.25) is 0 Å². The molecule has 0 saturated carbocycles. The summed E-state index contributed by atoms with van der Waals surface area (Å²) >= 11 is 0. The number of fused-ring (bicyclic) bond motifs is 1. The Bertz CT molecular complexity index is 210.